The maximum absolute atomic E-state index is 12.0. The number of benzene rings is 1. The van der Waals surface area contributed by atoms with Crippen molar-refractivity contribution in [2.45, 2.75) is 12.8 Å². The van der Waals surface area contributed by atoms with E-state index < -0.39 is 0 Å². The van der Waals surface area contributed by atoms with Crippen LogP contribution in [0.3, 0.4) is 0 Å². The summed E-state index contributed by atoms with van der Waals surface area (Å²) in [5.41, 5.74) is 0. The summed E-state index contributed by atoms with van der Waals surface area (Å²) in [6, 6.07) is 7.07. The topological polar surface area (TPSA) is 29.5 Å². The molecule has 1 aromatic carbocycles. The zero-order valence-corrected chi connectivity index (χ0v) is 12.2. The van der Waals surface area contributed by atoms with Crippen molar-refractivity contribution in [3.8, 4) is 5.75 Å². The first kappa shape index (κ1) is 14.5. The minimum Gasteiger partial charge on any atom is -0.484 e. The second kappa shape index (κ2) is 7.01. The summed E-state index contributed by atoms with van der Waals surface area (Å²) >= 11 is 11.6. The van der Waals surface area contributed by atoms with Gasteiger partial charge in [0.05, 0.1) is 0 Å². The zero-order valence-electron chi connectivity index (χ0n) is 10.6. The molecular formula is C14H17Cl2NO2. The van der Waals surface area contributed by atoms with Crippen LogP contribution < -0.4 is 4.74 Å². The van der Waals surface area contributed by atoms with E-state index in [9.17, 15) is 4.79 Å². The Morgan fingerprint density at radius 2 is 2.32 bits per heavy atom. The highest BCUT2D eigenvalue weighted by Crippen LogP contribution is 2.21. The summed E-state index contributed by atoms with van der Waals surface area (Å²) in [5, 5.41) is 0.605. The Kier molecular flexibility index (Phi) is 5.34. The van der Waals surface area contributed by atoms with Crippen LogP contribution in [0.5, 0.6) is 5.75 Å². The molecule has 0 bridgehead atoms. The van der Waals surface area contributed by atoms with Gasteiger partial charge in [0, 0.05) is 24.0 Å². The van der Waals surface area contributed by atoms with Crippen LogP contribution in [0.15, 0.2) is 24.3 Å². The zero-order chi connectivity index (χ0) is 13.7. The molecule has 1 unspecified atom stereocenters. The van der Waals surface area contributed by atoms with Crippen molar-refractivity contribution in [3.63, 3.8) is 0 Å². The number of nitrogens with zero attached hydrogens (tertiary/aromatic N) is 1. The van der Waals surface area contributed by atoms with Crippen molar-refractivity contribution in [1.29, 1.82) is 0 Å². The number of hydrogen-bond donors (Lipinski definition) is 0. The standard InChI is InChI=1S/C14H17Cl2NO2/c15-6-4-11-5-7-17(9-11)14(18)10-19-13-3-1-2-12(16)8-13/h1-3,8,11H,4-7,9-10H2. The van der Waals surface area contributed by atoms with Crippen molar-refractivity contribution in [1.82, 2.24) is 4.90 Å². The van der Waals surface area contributed by atoms with Crippen molar-refractivity contribution in [2.75, 3.05) is 25.6 Å². The van der Waals surface area contributed by atoms with Crippen LogP contribution in [-0.4, -0.2) is 36.4 Å². The van der Waals surface area contributed by atoms with Crippen molar-refractivity contribution >= 4 is 29.1 Å². The fourth-order valence-corrected chi connectivity index (χ4v) is 2.73. The third kappa shape index (κ3) is 4.29. The number of rotatable bonds is 5. The Balaban J connectivity index is 1.79. The molecule has 0 spiro atoms. The molecular weight excluding hydrogens is 285 g/mol. The van der Waals surface area contributed by atoms with Gasteiger partial charge in [0.1, 0.15) is 5.75 Å². The van der Waals surface area contributed by atoms with E-state index in [1.54, 1.807) is 24.3 Å². The number of amides is 1. The highest BCUT2D eigenvalue weighted by atomic mass is 35.5. The van der Waals surface area contributed by atoms with E-state index in [1.165, 1.54) is 0 Å². The van der Waals surface area contributed by atoms with Gasteiger partial charge in [-0.2, -0.15) is 0 Å². The number of ether oxygens (including phenoxy) is 1. The van der Waals surface area contributed by atoms with E-state index in [2.05, 4.69) is 0 Å². The lowest BCUT2D eigenvalue weighted by Crippen LogP contribution is -2.33. The van der Waals surface area contributed by atoms with E-state index >= 15 is 0 Å². The summed E-state index contributed by atoms with van der Waals surface area (Å²) in [7, 11) is 0. The second-order valence-electron chi connectivity index (χ2n) is 4.72. The van der Waals surface area contributed by atoms with Gasteiger partial charge in [0.25, 0.3) is 5.91 Å². The molecule has 0 aliphatic carbocycles. The molecule has 3 nitrogen and oxygen atoms in total. The molecule has 0 radical (unpaired) electrons. The van der Waals surface area contributed by atoms with Gasteiger partial charge >= 0.3 is 0 Å². The van der Waals surface area contributed by atoms with Gasteiger partial charge in [-0.1, -0.05) is 17.7 Å². The van der Waals surface area contributed by atoms with E-state index in [4.69, 9.17) is 27.9 Å². The third-order valence-corrected chi connectivity index (χ3v) is 3.77. The Labute approximate surface area is 123 Å². The minimum absolute atomic E-state index is 0.0250. The molecule has 1 heterocycles. The maximum Gasteiger partial charge on any atom is 0.260 e. The van der Waals surface area contributed by atoms with Crippen LogP contribution in [0.2, 0.25) is 5.02 Å². The molecule has 19 heavy (non-hydrogen) atoms. The average Bonchev–Trinajstić information content (AvgIpc) is 2.85. The Bertz CT molecular complexity index is 439. The van der Waals surface area contributed by atoms with Gasteiger partial charge in [0.15, 0.2) is 6.61 Å². The summed E-state index contributed by atoms with van der Waals surface area (Å²) in [6.07, 6.45) is 2.01. The smallest absolute Gasteiger partial charge is 0.260 e. The predicted molar refractivity (Wildman–Crippen MR) is 77.0 cm³/mol. The van der Waals surface area contributed by atoms with Gasteiger partial charge in [-0.05, 0) is 37.0 Å². The number of carbonyl (C=O) groups excluding carboxylic acids is 1. The fourth-order valence-electron chi connectivity index (χ4n) is 2.24. The quantitative estimate of drug-likeness (QED) is 0.782. The summed E-state index contributed by atoms with van der Waals surface area (Å²) in [4.78, 5) is 13.8. The first-order valence-electron chi connectivity index (χ1n) is 6.41. The molecule has 0 N–H and O–H groups in total. The largest absolute Gasteiger partial charge is 0.484 e. The van der Waals surface area contributed by atoms with Gasteiger partial charge in [-0.15, -0.1) is 11.6 Å². The van der Waals surface area contributed by atoms with Crippen LogP contribution in [0.1, 0.15) is 12.8 Å². The van der Waals surface area contributed by atoms with Crippen LogP contribution in [0, 0.1) is 5.92 Å². The monoisotopic (exact) mass is 301 g/mol. The lowest BCUT2D eigenvalue weighted by Gasteiger charge is -2.16. The molecule has 0 saturated carbocycles. The molecule has 1 saturated heterocycles. The van der Waals surface area contributed by atoms with Crippen molar-refractivity contribution in [2.24, 2.45) is 5.92 Å². The number of alkyl halides is 1. The maximum atomic E-state index is 12.0. The summed E-state index contributed by atoms with van der Waals surface area (Å²) in [5.74, 6) is 1.84. The highest BCUT2D eigenvalue weighted by Gasteiger charge is 2.25. The predicted octanol–water partition coefficient (Wildman–Crippen LogP) is 3.20. The molecule has 0 aromatic heterocycles. The van der Waals surface area contributed by atoms with Gasteiger partial charge in [-0.3, -0.25) is 4.79 Å². The second-order valence-corrected chi connectivity index (χ2v) is 5.53. The van der Waals surface area contributed by atoms with E-state index in [1.807, 2.05) is 4.90 Å². The van der Waals surface area contributed by atoms with Gasteiger partial charge < -0.3 is 9.64 Å². The van der Waals surface area contributed by atoms with Crippen LogP contribution in [0.4, 0.5) is 0 Å². The fraction of sp³-hybridized carbons (Fsp3) is 0.500. The highest BCUT2D eigenvalue weighted by molar-refractivity contribution is 6.30. The summed E-state index contributed by atoms with van der Waals surface area (Å²) < 4.78 is 5.45. The first-order valence-corrected chi connectivity index (χ1v) is 7.32. The SMILES string of the molecule is O=C(COc1cccc(Cl)c1)N1CCC(CCCl)C1. The van der Waals surface area contributed by atoms with Crippen LogP contribution in [-0.2, 0) is 4.79 Å². The van der Waals surface area contributed by atoms with Crippen molar-refractivity contribution < 1.29 is 9.53 Å². The Morgan fingerprint density at radius 1 is 1.47 bits per heavy atom. The van der Waals surface area contributed by atoms with Gasteiger partial charge in [0.2, 0.25) is 0 Å². The molecule has 1 aromatic rings. The molecule has 2 rings (SSSR count). The van der Waals surface area contributed by atoms with Crippen LogP contribution >= 0.6 is 23.2 Å². The van der Waals surface area contributed by atoms with E-state index in [0.717, 1.165) is 25.9 Å². The Morgan fingerprint density at radius 3 is 3.05 bits per heavy atom. The lowest BCUT2D eigenvalue weighted by molar-refractivity contribution is -0.132. The molecule has 104 valence electrons. The lowest BCUT2D eigenvalue weighted by atomic mass is 10.1. The first-order chi connectivity index (χ1) is 9.19. The molecule has 1 aliphatic rings. The molecule has 1 fully saturated rings. The normalized spacial score (nSPS) is 18.6. The number of carbonyl (C=O) groups is 1. The summed E-state index contributed by atoms with van der Waals surface area (Å²) in [6.45, 7) is 1.66. The molecule has 1 aliphatic heterocycles. The molecule has 1 amide bonds. The Hall–Kier alpha value is -0.930. The van der Waals surface area contributed by atoms with Crippen molar-refractivity contribution in [3.05, 3.63) is 29.3 Å². The molecule has 5 heteroatoms. The minimum atomic E-state index is 0.0250. The average molecular weight is 302 g/mol. The van der Waals surface area contributed by atoms with E-state index in [0.29, 0.717) is 22.6 Å². The van der Waals surface area contributed by atoms with Gasteiger partial charge in [-0.25, -0.2) is 0 Å². The molecule has 1 atom stereocenters. The van der Waals surface area contributed by atoms with Crippen LogP contribution in [0.25, 0.3) is 0 Å². The number of halogens is 2. The number of hydrogen-bond acceptors (Lipinski definition) is 2. The van der Waals surface area contributed by atoms with E-state index in [-0.39, 0.29) is 12.5 Å². The third-order valence-electron chi connectivity index (χ3n) is 3.31. The number of likely N-dealkylation sites (tertiary alicyclic amines) is 1.